The van der Waals surface area contributed by atoms with Gasteiger partial charge in [-0.3, -0.25) is 9.59 Å². The molecule has 0 saturated heterocycles. The lowest BCUT2D eigenvalue weighted by molar-refractivity contribution is -0.173. The molecule has 140 valence electrons. The van der Waals surface area contributed by atoms with Gasteiger partial charge >= 0.3 is 18.2 Å². The first-order chi connectivity index (χ1) is 10.9. The number of hydrogen-bond donors (Lipinski definition) is 3. The Hall–Kier alpha value is -2.00. The maximum Gasteiger partial charge on any atom is 0.471 e. The van der Waals surface area contributed by atoms with Crippen LogP contribution in [0.2, 0.25) is 0 Å². The third-order valence-electron chi connectivity index (χ3n) is 2.72. The lowest BCUT2D eigenvalue weighted by Gasteiger charge is -2.23. The van der Waals surface area contributed by atoms with Crippen LogP contribution in [0.4, 0.5) is 18.0 Å². The summed E-state index contributed by atoms with van der Waals surface area (Å²) in [5.41, 5.74) is -0.723. The standard InChI is InChI=1S/C14H24F3N3O4/c1-13(2,3)24-12(23)20-9(10(21)18-4)7-5-6-8-19-11(22)14(15,16)17/h9H,5-8H2,1-4H3,(H,18,21)(H,19,22)(H,20,23)/t9-/m0/s1. The van der Waals surface area contributed by atoms with E-state index in [0.29, 0.717) is 6.42 Å². The number of hydrogen-bond acceptors (Lipinski definition) is 4. The summed E-state index contributed by atoms with van der Waals surface area (Å²) in [4.78, 5) is 34.0. The number of amides is 3. The molecule has 0 aromatic carbocycles. The lowest BCUT2D eigenvalue weighted by atomic mass is 10.1. The number of likely N-dealkylation sites (N-methyl/N-ethyl adjacent to an activating group) is 1. The van der Waals surface area contributed by atoms with Crippen LogP contribution in [0.3, 0.4) is 0 Å². The average molecular weight is 355 g/mol. The SMILES string of the molecule is CNC(=O)[C@H](CCCCNC(=O)C(F)(F)F)NC(=O)OC(C)(C)C. The molecule has 0 spiro atoms. The molecule has 7 nitrogen and oxygen atoms in total. The van der Waals surface area contributed by atoms with E-state index in [1.54, 1.807) is 26.1 Å². The maximum atomic E-state index is 12.0. The number of alkyl halides is 3. The topological polar surface area (TPSA) is 96.5 Å². The number of alkyl carbamates (subject to hydrolysis) is 1. The van der Waals surface area contributed by atoms with E-state index in [1.165, 1.54) is 7.05 Å². The monoisotopic (exact) mass is 355 g/mol. The molecule has 0 saturated carbocycles. The average Bonchev–Trinajstić information content (AvgIpc) is 2.41. The van der Waals surface area contributed by atoms with Crippen molar-refractivity contribution < 1.29 is 32.3 Å². The van der Waals surface area contributed by atoms with Crippen molar-refractivity contribution in [2.75, 3.05) is 13.6 Å². The molecule has 10 heteroatoms. The minimum atomic E-state index is -4.91. The van der Waals surface area contributed by atoms with E-state index in [4.69, 9.17) is 4.74 Å². The van der Waals surface area contributed by atoms with E-state index in [0.717, 1.165) is 0 Å². The highest BCUT2D eigenvalue weighted by atomic mass is 19.4. The molecule has 3 N–H and O–H groups in total. The first-order valence-corrected chi connectivity index (χ1v) is 7.43. The van der Waals surface area contributed by atoms with Crippen LogP contribution < -0.4 is 16.0 Å². The summed E-state index contributed by atoms with van der Waals surface area (Å²) < 4.78 is 41.0. The molecule has 0 rings (SSSR count). The van der Waals surface area contributed by atoms with Crippen LogP contribution in [0, 0.1) is 0 Å². The second kappa shape index (κ2) is 9.33. The van der Waals surface area contributed by atoms with Crippen LogP contribution in [0.15, 0.2) is 0 Å². The number of ether oxygens (including phenoxy) is 1. The zero-order chi connectivity index (χ0) is 19.0. The third kappa shape index (κ3) is 9.90. The van der Waals surface area contributed by atoms with Gasteiger partial charge in [-0.05, 0) is 40.0 Å². The van der Waals surface area contributed by atoms with Crippen molar-refractivity contribution in [2.45, 2.75) is 57.9 Å². The maximum absolute atomic E-state index is 12.0. The minimum Gasteiger partial charge on any atom is -0.444 e. The molecule has 0 fully saturated rings. The fourth-order valence-electron chi connectivity index (χ4n) is 1.67. The molecule has 0 aliphatic heterocycles. The first kappa shape index (κ1) is 22.0. The Labute approximate surface area is 138 Å². The number of carbonyl (C=O) groups is 3. The Morgan fingerprint density at radius 3 is 2.12 bits per heavy atom. The van der Waals surface area contributed by atoms with E-state index in [2.05, 4.69) is 10.6 Å². The summed E-state index contributed by atoms with van der Waals surface area (Å²) in [5, 5.41) is 6.53. The predicted octanol–water partition coefficient (Wildman–Crippen LogP) is 1.47. The van der Waals surface area contributed by atoms with Crippen LogP contribution in [0.5, 0.6) is 0 Å². The van der Waals surface area contributed by atoms with Crippen molar-refractivity contribution in [1.82, 2.24) is 16.0 Å². The summed E-state index contributed by atoms with van der Waals surface area (Å²) in [6.45, 7) is 4.84. The molecule has 0 heterocycles. The largest absolute Gasteiger partial charge is 0.471 e. The zero-order valence-corrected chi connectivity index (χ0v) is 14.2. The van der Waals surface area contributed by atoms with Gasteiger partial charge in [0.1, 0.15) is 11.6 Å². The van der Waals surface area contributed by atoms with Gasteiger partial charge in [0, 0.05) is 13.6 Å². The summed E-state index contributed by atoms with van der Waals surface area (Å²) in [6, 6.07) is -0.872. The fraction of sp³-hybridized carbons (Fsp3) is 0.786. The lowest BCUT2D eigenvalue weighted by Crippen LogP contribution is -2.47. The van der Waals surface area contributed by atoms with Crippen LogP contribution in [-0.4, -0.2) is 49.3 Å². The first-order valence-electron chi connectivity index (χ1n) is 7.43. The Morgan fingerprint density at radius 1 is 1.08 bits per heavy atom. The van der Waals surface area contributed by atoms with Crippen molar-refractivity contribution in [3.8, 4) is 0 Å². The highest BCUT2D eigenvalue weighted by Gasteiger charge is 2.38. The predicted molar refractivity (Wildman–Crippen MR) is 80.1 cm³/mol. The van der Waals surface area contributed by atoms with Crippen LogP contribution in [-0.2, 0) is 14.3 Å². The molecule has 1 atom stereocenters. The van der Waals surface area contributed by atoms with Gasteiger partial charge in [-0.25, -0.2) is 4.79 Å². The molecule has 0 unspecified atom stereocenters. The van der Waals surface area contributed by atoms with Crippen LogP contribution in [0.1, 0.15) is 40.0 Å². The molecule has 0 aliphatic rings. The Kier molecular flexibility index (Phi) is 8.56. The quantitative estimate of drug-likeness (QED) is 0.603. The molecule has 0 bridgehead atoms. The molecule has 0 radical (unpaired) electrons. The summed E-state index contributed by atoms with van der Waals surface area (Å²) in [6.07, 6.45) is -4.93. The van der Waals surface area contributed by atoms with Crippen LogP contribution in [0.25, 0.3) is 0 Å². The second-order valence-corrected chi connectivity index (χ2v) is 6.06. The number of nitrogens with one attached hydrogen (secondary N) is 3. The van der Waals surface area contributed by atoms with Crippen molar-refractivity contribution in [2.24, 2.45) is 0 Å². The number of carbonyl (C=O) groups excluding carboxylic acids is 3. The number of rotatable bonds is 7. The van der Waals surface area contributed by atoms with Crippen molar-refractivity contribution in [3.63, 3.8) is 0 Å². The minimum absolute atomic E-state index is 0.175. The van der Waals surface area contributed by atoms with E-state index in [9.17, 15) is 27.6 Å². The van der Waals surface area contributed by atoms with Gasteiger partial charge < -0.3 is 20.7 Å². The van der Waals surface area contributed by atoms with Gasteiger partial charge in [-0.2, -0.15) is 13.2 Å². The van der Waals surface area contributed by atoms with Crippen molar-refractivity contribution in [1.29, 1.82) is 0 Å². The van der Waals surface area contributed by atoms with E-state index < -0.39 is 35.7 Å². The second-order valence-electron chi connectivity index (χ2n) is 6.06. The van der Waals surface area contributed by atoms with Gasteiger partial charge in [0.15, 0.2) is 0 Å². The van der Waals surface area contributed by atoms with Gasteiger partial charge in [0.05, 0.1) is 0 Å². The number of halogens is 3. The summed E-state index contributed by atoms with van der Waals surface area (Å²) in [7, 11) is 1.40. The highest BCUT2D eigenvalue weighted by Crippen LogP contribution is 2.14. The number of unbranched alkanes of at least 4 members (excludes halogenated alkanes) is 1. The molecule has 3 amide bonds. The molecule has 24 heavy (non-hydrogen) atoms. The van der Waals surface area contributed by atoms with Crippen molar-refractivity contribution in [3.05, 3.63) is 0 Å². The van der Waals surface area contributed by atoms with Gasteiger partial charge in [0.25, 0.3) is 0 Å². The van der Waals surface area contributed by atoms with Gasteiger partial charge in [0.2, 0.25) is 5.91 Å². The van der Waals surface area contributed by atoms with Crippen molar-refractivity contribution >= 4 is 17.9 Å². The van der Waals surface area contributed by atoms with Gasteiger partial charge in [-0.1, -0.05) is 0 Å². The Balaban J connectivity index is 4.29. The molecular weight excluding hydrogens is 331 g/mol. The molecule has 0 aromatic rings. The molecular formula is C14H24F3N3O4. The van der Waals surface area contributed by atoms with Gasteiger partial charge in [-0.15, -0.1) is 0 Å². The van der Waals surface area contributed by atoms with E-state index >= 15 is 0 Å². The van der Waals surface area contributed by atoms with Crippen LogP contribution >= 0.6 is 0 Å². The highest BCUT2D eigenvalue weighted by molar-refractivity contribution is 5.85. The Morgan fingerprint density at radius 2 is 1.67 bits per heavy atom. The zero-order valence-electron chi connectivity index (χ0n) is 14.2. The smallest absolute Gasteiger partial charge is 0.444 e. The third-order valence-corrected chi connectivity index (χ3v) is 2.72. The molecule has 0 aliphatic carbocycles. The Bertz CT molecular complexity index is 448. The van der Waals surface area contributed by atoms with E-state index in [1.807, 2.05) is 0 Å². The fourth-order valence-corrected chi connectivity index (χ4v) is 1.67. The summed E-state index contributed by atoms with van der Waals surface area (Å²) >= 11 is 0. The molecule has 0 aromatic heterocycles. The normalized spacial score (nSPS) is 13.0. The summed E-state index contributed by atoms with van der Waals surface area (Å²) in [5.74, 6) is -2.45. The van der Waals surface area contributed by atoms with E-state index in [-0.39, 0.29) is 19.4 Å².